The molecule has 0 aliphatic carbocycles. The van der Waals surface area contributed by atoms with E-state index in [2.05, 4.69) is 27.8 Å². The van der Waals surface area contributed by atoms with E-state index in [1.165, 1.54) is 11.3 Å². The summed E-state index contributed by atoms with van der Waals surface area (Å²) in [5.74, 6) is 0.606. The fraction of sp³-hybridized carbons (Fsp3) is 0.667. The molecule has 15 heavy (non-hydrogen) atoms. The Hall–Kier alpha value is -1.01. The van der Waals surface area contributed by atoms with Gasteiger partial charge in [-0.2, -0.15) is 0 Å². The second-order valence-electron chi connectivity index (χ2n) is 3.87. The maximum atomic E-state index is 11.8. The minimum absolute atomic E-state index is 0.00157. The van der Waals surface area contributed by atoms with Gasteiger partial charge in [-0.05, 0) is 25.3 Å². The van der Waals surface area contributed by atoms with Crippen LogP contribution in [0.1, 0.15) is 19.8 Å². The van der Waals surface area contributed by atoms with Crippen LogP contribution in [-0.2, 0) is 4.79 Å². The third-order valence-corrected chi connectivity index (χ3v) is 3.18. The lowest BCUT2D eigenvalue weighted by atomic mass is 9.94. The zero-order valence-electron chi connectivity index (χ0n) is 8.56. The highest BCUT2D eigenvalue weighted by atomic mass is 32.1. The van der Waals surface area contributed by atoms with Crippen molar-refractivity contribution in [2.45, 2.75) is 25.8 Å². The molecule has 0 spiro atoms. The van der Waals surface area contributed by atoms with E-state index in [0.29, 0.717) is 11.0 Å². The van der Waals surface area contributed by atoms with Crippen LogP contribution in [0.2, 0.25) is 0 Å². The molecule has 1 saturated heterocycles. The summed E-state index contributed by atoms with van der Waals surface area (Å²) in [5, 5.41) is 14.0. The van der Waals surface area contributed by atoms with E-state index < -0.39 is 0 Å². The molecule has 0 bridgehead atoms. The number of anilines is 1. The number of nitrogens with one attached hydrogen (secondary N) is 2. The minimum Gasteiger partial charge on any atom is -0.306 e. The second kappa shape index (κ2) is 4.67. The van der Waals surface area contributed by atoms with Crippen LogP contribution in [0.15, 0.2) is 5.51 Å². The molecule has 1 aromatic rings. The normalized spacial score (nSPS) is 26.2. The molecule has 1 aliphatic rings. The first-order valence-electron chi connectivity index (χ1n) is 5.06. The van der Waals surface area contributed by atoms with Crippen LogP contribution >= 0.6 is 11.3 Å². The lowest BCUT2D eigenvalue weighted by molar-refractivity contribution is -0.119. The number of hydrogen-bond donors (Lipinski definition) is 2. The highest BCUT2D eigenvalue weighted by molar-refractivity contribution is 7.13. The van der Waals surface area contributed by atoms with Crippen molar-refractivity contribution in [3.05, 3.63) is 5.51 Å². The topological polar surface area (TPSA) is 66.9 Å². The van der Waals surface area contributed by atoms with E-state index in [1.54, 1.807) is 5.51 Å². The number of carbonyl (C=O) groups excluding carboxylic acids is 1. The molecule has 1 aromatic heterocycles. The maximum absolute atomic E-state index is 11.8. The van der Waals surface area contributed by atoms with E-state index in [4.69, 9.17) is 0 Å². The third-order valence-electron chi connectivity index (χ3n) is 2.57. The standard InChI is InChI=1S/C9H14N4OS/c1-6-2-3-10-7(4-6)8(14)12-9-13-11-5-15-9/h5-7,10H,2-4H2,1H3,(H,12,13,14). The Morgan fingerprint density at radius 3 is 3.27 bits per heavy atom. The number of aromatic nitrogens is 2. The van der Waals surface area contributed by atoms with Gasteiger partial charge in [-0.3, -0.25) is 10.1 Å². The van der Waals surface area contributed by atoms with Gasteiger partial charge in [0.15, 0.2) is 0 Å². The Bertz CT molecular complexity index is 327. The first-order valence-corrected chi connectivity index (χ1v) is 5.94. The number of amides is 1. The fourth-order valence-electron chi connectivity index (χ4n) is 1.73. The number of piperidine rings is 1. The first kappa shape index (κ1) is 10.5. The quantitative estimate of drug-likeness (QED) is 0.785. The Morgan fingerprint density at radius 2 is 2.60 bits per heavy atom. The van der Waals surface area contributed by atoms with E-state index >= 15 is 0 Å². The minimum atomic E-state index is -0.0855. The molecule has 1 fully saturated rings. The third kappa shape index (κ3) is 2.73. The average molecular weight is 226 g/mol. The lowest BCUT2D eigenvalue weighted by Crippen LogP contribution is -2.45. The van der Waals surface area contributed by atoms with Crippen LogP contribution < -0.4 is 10.6 Å². The van der Waals surface area contributed by atoms with Gasteiger partial charge in [-0.25, -0.2) is 0 Å². The van der Waals surface area contributed by atoms with Crippen LogP contribution in [0.25, 0.3) is 0 Å². The Kier molecular flexibility index (Phi) is 3.27. The average Bonchev–Trinajstić information content (AvgIpc) is 2.70. The first-order chi connectivity index (χ1) is 7.25. The van der Waals surface area contributed by atoms with Gasteiger partial charge in [-0.1, -0.05) is 18.3 Å². The molecule has 0 aromatic carbocycles. The SMILES string of the molecule is CC1CCNC(C(=O)Nc2nncs2)C1. The summed E-state index contributed by atoms with van der Waals surface area (Å²) in [7, 11) is 0. The molecule has 1 amide bonds. The van der Waals surface area contributed by atoms with Gasteiger partial charge in [0, 0.05) is 0 Å². The number of nitrogens with zero attached hydrogens (tertiary/aromatic N) is 2. The van der Waals surface area contributed by atoms with Crippen molar-refractivity contribution in [3.63, 3.8) is 0 Å². The number of hydrogen-bond acceptors (Lipinski definition) is 5. The van der Waals surface area contributed by atoms with Crippen LogP contribution in [0.3, 0.4) is 0 Å². The molecule has 2 rings (SSSR count). The lowest BCUT2D eigenvalue weighted by Gasteiger charge is -2.26. The van der Waals surface area contributed by atoms with Crippen LogP contribution in [0.4, 0.5) is 5.13 Å². The predicted molar refractivity (Wildman–Crippen MR) is 58.7 cm³/mol. The summed E-state index contributed by atoms with van der Waals surface area (Å²) >= 11 is 1.33. The van der Waals surface area contributed by atoms with Gasteiger partial charge in [0.25, 0.3) is 0 Å². The van der Waals surface area contributed by atoms with Gasteiger partial charge < -0.3 is 5.32 Å². The van der Waals surface area contributed by atoms with Crippen LogP contribution in [0.5, 0.6) is 0 Å². The van der Waals surface area contributed by atoms with Gasteiger partial charge in [-0.15, -0.1) is 10.2 Å². The van der Waals surface area contributed by atoms with Crippen molar-refractivity contribution in [2.24, 2.45) is 5.92 Å². The monoisotopic (exact) mass is 226 g/mol. The smallest absolute Gasteiger partial charge is 0.243 e. The Labute approximate surface area is 92.3 Å². The number of carbonyl (C=O) groups is 1. The van der Waals surface area contributed by atoms with Gasteiger partial charge in [0.1, 0.15) is 5.51 Å². The van der Waals surface area contributed by atoms with Crippen molar-refractivity contribution < 1.29 is 4.79 Å². The maximum Gasteiger partial charge on any atom is 0.243 e. The van der Waals surface area contributed by atoms with Crippen LogP contribution in [-0.4, -0.2) is 28.7 Å². The summed E-state index contributed by atoms with van der Waals surface area (Å²) < 4.78 is 0. The van der Waals surface area contributed by atoms with E-state index in [1.807, 2.05) is 0 Å². The second-order valence-corrected chi connectivity index (χ2v) is 4.70. The van der Waals surface area contributed by atoms with Crippen molar-refractivity contribution >= 4 is 22.4 Å². The molecule has 0 saturated carbocycles. The highest BCUT2D eigenvalue weighted by Gasteiger charge is 2.24. The summed E-state index contributed by atoms with van der Waals surface area (Å²) in [4.78, 5) is 11.8. The molecule has 0 radical (unpaired) electrons. The van der Waals surface area contributed by atoms with Gasteiger partial charge >= 0.3 is 0 Å². The summed E-state index contributed by atoms with van der Waals surface area (Å²) in [5.41, 5.74) is 1.60. The molecule has 2 N–H and O–H groups in total. The molecule has 2 unspecified atom stereocenters. The highest BCUT2D eigenvalue weighted by Crippen LogP contribution is 2.17. The zero-order chi connectivity index (χ0) is 10.7. The Morgan fingerprint density at radius 1 is 1.73 bits per heavy atom. The van der Waals surface area contributed by atoms with Gasteiger partial charge in [0.2, 0.25) is 11.0 Å². The van der Waals surface area contributed by atoms with E-state index in [0.717, 1.165) is 19.4 Å². The molecule has 2 heterocycles. The van der Waals surface area contributed by atoms with E-state index in [-0.39, 0.29) is 11.9 Å². The summed E-state index contributed by atoms with van der Waals surface area (Å²) in [6.45, 7) is 3.08. The summed E-state index contributed by atoms with van der Waals surface area (Å²) in [6, 6.07) is -0.0855. The molecular weight excluding hydrogens is 212 g/mol. The van der Waals surface area contributed by atoms with Crippen molar-refractivity contribution in [3.8, 4) is 0 Å². The van der Waals surface area contributed by atoms with Crippen LogP contribution in [0, 0.1) is 5.92 Å². The molecule has 1 aliphatic heterocycles. The molecular formula is C9H14N4OS. The fourth-order valence-corrected chi connectivity index (χ4v) is 2.18. The van der Waals surface area contributed by atoms with Gasteiger partial charge in [0.05, 0.1) is 6.04 Å². The largest absolute Gasteiger partial charge is 0.306 e. The van der Waals surface area contributed by atoms with E-state index in [9.17, 15) is 4.79 Å². The molecule has 2 atom stereocenters. The van der Waals surface area contributed by atoms with Crippen molar-refractivity contribution in [1.29, 1.82) is 0 Å². The summed E-state index contributed by atoms with van der Waals surface area (Å²) in [6.07, 6.45) is 2.03. The molecule has 6 heteroatoms. The Balaban J connectivity index is 1.90. The zero-order valence-corrected chi connectivity index (χ0v) is 9.38. The predicted octanol–water partition coefficient (Wildman–Crippen LogP) is 0.865. The van der Waals surface area contributed by atoms with Crippen molar-refractivity contribution in [1.82, 2.24) is 15.5 Å². The van der Waals surface area contributed by atoms with Crippen molar-refractivity contribution in [2.75, 3.05) is 11.9 Å². The molecule has 5 nitrogen and oxygen atoms in total. The number of rotatable bonds is 2. The molecule has 82 valence electrons.